The minimum absolute atomic E-state index is 0.673. The summed E-state index contributed by atoms with van der Waals surface area (Å²) in [5.41, 5.74) is 7.61. The van der Waals surface area contributed by atoms with Crippen molar-refractivity contribution in [2.24, 2.45) is 0 Å². The van der Waals surface area contributed by atoms with Crippen LogP contribution in [0.25, 0.3) is 0 Å². The van der Waals surface area contributed by atoms with Gasteiger partial charge in [0.05, 0.1) is 12.9 Å². The highest BCUT2D eigenvalue weighted by atomic mass is 16.5. The maximum absolute atomic E-state index is 5.81. The zero-order chi connectivity index (χ0) is 13.5. The fourth-order valence-electron chi connectivity index (χ4n) is 1.90. The average molecular weight is 257 g/mol. The molecule has 100 valence electrons. The van der Waals surface area contributed by atoms with E-state index >= 15 is 0 Å². The molecule has 2 rings (SSSR count). The summed E-state index contributed by atoms with van der Waals surface area (Å²) in [7, 11) is 0. The van der Waals surface area contributed by atoms with Gasteiger partial charge in [-0.25, -0.2) is 4.98 Å². The van der Waals surface area contributed by atoms with Crippen molar-refractivity contribution in [2.75, 3.05) is 12.3 Å². The fourth-order valence-corrected chi connectivity index (χ4v) is 1.90. The zero-order valence-corrected chi connectivity index (χ0v) is 11.0. The molecule has 1 aromatic heterocycles. The number of hydrogen-bond donors (Lipinski definition) is 1. The summed E-state index contributed by atoms with van der Waals surface area (Å²) in [6.45, 7) is 5.33. The van der Waals surface area contributed by atoms with Gasteiger partial charge in [0.1, 0.15) is 5.75 Å². The first-order valence-corrected chi connectivity index (χ1v) is 6.37. The van der Waals surface area contributed by atoms with E-state index in [4.69, 9.17) is 10.5 Å². The van der Waals surface area contributed by atoms with E-state index in [0.717, 1.165) is 36.4 Å². The molecule has 0 amide bonds. The molecule has 0 unspecified atom stereocenters. The molecule has 0 aliphatic carbocycles. The lowest BCUT2D eigenvalue weighted by Crippen LogP contribution is -2.04. The van der Waals surface area contributed by atoms with E-state index in [9.17, 15) is 0 Å². The number of rotatable bonds is 7. The molecule has 0 saturated carbocycles. The van der Waals surface area contributed by atoms with Crippen molar-refractivity contribution in [2.45, 2.75) is 19.4 Å². The third-order valence-electron chi connectivity index (χ3n) is 2.83. The minimum atomic E-state index is 0.673. The number of aryl methyl sites for hydroxylation is 1. The molecule has 0 aliphatic rings. The summed E-state index contributed by atoms with van der Waals surface area (Å²) in [5, 5.41) is 0. The molecule has 0 aliphatic heterocycles. The fraction of sp³-hybridized carbons (Fsp3) is 0.267. The second-order valence-corrected chi connectivity index (χ2v) is 4.36. The number of imidazole rings is 1. The molecule has 4 heteroatoms. The maximum atomic E-state index is 5.81. The van der Waals surface area contributed by atoms with Gasteiger partial charge in [0.15, 0.2) is 0 Å². The standard InChI is InChI=1S/C15H19N3O/c1-2-4-13-11-14(16)5-6-15(13)19-10-3-8-18-9-7-17-12-18/h2,5-7,9,11-12H,1,3-4,8,10,16H2. The Morgan fingerprint density at radius 2 is 2.32 bits per heavy atom. The smallest absolute Gasteiger partial charge is 0.122 e. The van der Waals surface area contributed by atoms with Crippen LogP contribution in [0.5, 0.6) is 5.75 Å². The van der Waals surface area contributed by atoms with E-state index < -0.39 is 0 Å². The number of benzene rings is 1. The minimum Gasteiger partial charge on any atom is -0.493 e. The number of anilines is 1. The molecule has 0 bridgehead atoms. The molecule has 4 nitrogen and oxygen atoms in total. The third kappa shape index (κ3) is 3.88. The Kier molecular flexibility index (Phi) is 4.61. The van der Waals surface area contributed by atoms with Gasteiger partial charge in [-0.1, -0.05) is 6.08 Å². The van der Waals surface area contributed by atoms with Crippen molar-refractivity contribution in [3.8, 4) is 5.75 Å². The van der Waals surface area contributed by atoms with Crippen LogP contribution in [0, 0.1) is 0 Å². The van der Waals surface area contributed by atoms with Crippen LogP contribution in [0.4, 0.5) is 5.69 Å². The van der Waals surface area contributed by atoms with E-state index in [-0.39, 0.29) is 0 Å². The highest BCUT2D eigenvalue weighted by Crippen LogP contribution is 2.22. The van der Waals surface area contributed by atoms with Crippen LogP contribution in [-0.2, 0) is 13.0 Å². The van der Waals surface area contributed by atoms with Gasteiger partial charge in [-0.3, -0.25) is 0 Å². The average Bonchev–Trinajstić information content (AvgIpc) is 2.90. The van der Waals surface area contributed by atoms with Crippen molar-refractivity contribution in [3.63, 3.8) is 0 Å². The van der Waals surface area contributed by atoms with E-state index in [0.29, 0.717) is 6.61 Å². The van der Waals surface area contributed by atoms with Crippen LogP contribution >= 0.6 is 0 Å². The lowest BCUT2D eigenvalue weighted by atomic mass is 10.1. The van der Waals surface area contributed by atoms with Gasteiger partial charge < -0.3 is 15.0 Å². The summed E-state index contributed by atoms with van der Waals surface area (Å²) < 4.78 is 7.84. The Morgan fingerprint density at radius 3 is 3.05 bits per heavy atom. The van der Waals surface area contributed by atoms with Crippen LogP contribution in [-0.4, -0.2) is 16.2 Å². The first kappa shape index (κ1) is 13.2. The number of aromatic nitrogens is 2. The van der Waals surface area contributed by atoms with Crippen molar-refractivity contribution >= 4 is 5.69 Å². The molecular formula is C15H19N3O. The Labute approximate surface area is 113 Å². The van der Waals surface area contributed by atoms with Gasteiger partial charge >= 0.3 is 0 Å². The number of nitrogens with zero attached hydrogens (tertiary/aromatic N) is 2. The van der Waals surface area contributed by atoms with E-state index in [1.807, 2.05) is 41.4 Å². The van der Waals surface area contributed by atoms with E-state index in [1.165, 1.54) is 0 Å². The van der Waals surface area contributed by atoms with E-state index in [1.54, 1.807) is 6.20 Å². The molecule has 2 aromatic rings. The van der Waals surface area contributed by atoms with Crippen molar-refractivity contribution in [1.29, 1.82) is 0 Å². The van der Waals surface area contributed by atoms with Crippen LogP contribution in [0.1, 0.15) is 12.0 Å². The number of nitrogens with two attached hydrogens (primary N) is 1. The highest BCUT2D eigenvalue weighted by molar-refractivity contribution is 5.48. The summed E-state index contributed by atoms with van der Waals surface area (Å²) in [4.78, 5) is 4.00. The van der Waals surface area contributed by atoms with Crippen LogP contribution in [0.3, 0.4) is 0 Å². The lowest BCUT2D eigenvalue weighted by Gasteiger charge is -2.11. The molecule has 0 atom stereocenters. The normalized spacial score (nSPS) is 10.3. The number of hydrogen-bond acceptors (Lipinski definition) is 3. The molecular weight excluding hydrogens is 238 g/mol. The third-order valence-corrected chi connectivity index (χ3v) is 2.83. The lowest BCUT2D eigenvalue weighted by molar-refractivity contribution is 0.299. The molecule has 0 radical (unpaired) electrons. The molecule has 0 fully saturated rings. The van der Waals surface area contributed by atoms with Crippen LogP contribution in [0.2, 0.25) is 0 Å². The first-order valence-electron chi connectivity index (χ1n) is 6.37. The van der Waals surface area contributed by atoms with Gasteiger partial charge in [0.25, 0.3) is 0 Å². The van der Waals surface area contributed by atoms with Crippen LogP contribution < -0.4 is 10.5 Å². The van der Waals surface area contributed by atoms with Gasteiger partial charge in [-0.2, -0.15) is 0 Å². The largest absolute Gasteiger partial charge is 0.493 e. The Balaban J connectivity index is 1.86. The predicted octanol–water partition coefficient (Wildman–Crippen LogP) is 2.66. The quantitative estimate of drug-likeness (QED) is 0.471. The summed E-state index contributed by atoms with van der Waals surface area (Å²) in [5.74, 6) is 0.889. The van der Waals surface area contributed by atoms with Crippen molar-refractivity contribution in [1.82, 2.24) is 9.55 Å². The molecule has 1 aromatic carbocycles. The zero-order valence-electron chi connectivity index (χ0n) is 11.0. The number of nitrogen functional groups attached to an aromatic ring is 1. The van der Waals surface area contributed by atoms with Crippen molar-refractivity contribution < 1.29 is 4.74 Å². The summed E-state index contributed by atoms with van der Waals surface area (Å²) in [6.07, 6.45) is 9.10. The number of ether oxygens (including phenoxy) is 1. The maximum Gasteiger partial charge on any atom is 0.122 e. The van der Waals surface area contributed by atoms with Gasteiger partial charge in [-0.15, -0.1) is 6.58 Å². The first-order chi connectivity index (χ1) is 9.29. The topological polar surface area (TPSA) is 53.1 Å². The second kappa shape index (κ2) is 6.64. The van der Waals surface area contributed by atoms with Gasteiger partial charge in [0, 0.05) is 24.6 Å². The molecule has 19 heavy (non-hydrogen) atoms. The molecule has 2 N–H and O–H groups in total. The SMILES string of the molecule is C=CCc1cc(N)ccc1OCCCn1ccnc1. The Bertz CT molecular complexity index is 520. The Hall–Kier alpha value is -2.23. The Morgan fingerprint density at radius 1 is 1.42 bits per heavy atom. The molecule has 0 saturated heterocycles. The highest BCUT2D eigenvalue weighted by Gasteiger charge is 2.03. The second-order valence-electron chi connectivity index (χ2n) is 4.36. The molecule has 0 spiro atoms. The van der Waals surface area contributed by atoms with E-state index in [2.05, 4.69) is 11.6 Å². The van der Waals surface area contributed by atoms with Crippen molar-refractivity contribution in [3.05, 3.63) is 55.1 Å². The summed E-state index contributed by atoms with van der Waals surface area (Å²) in [6, 6.07) is 5.72. The van der Waals surface area contributed by atoms with Crippen LogP contribution in [0.15, 0.2) is 49.6 Å². The van der Waals surface area contributed by atoms with Gasteiger partial charge in [-0.05, 0) is 36.6 Å². The molecule has 1 heterocycles. The van der Waals surface area contributed by atoms with Gasteiger partial charge in [0.2, 0.25) is 0 Å². The number of allylic oxidation sites excluding steroid dienone is 1. The summed E-state index contributed by atoms with van der Waals surface area (Å²) >= 11 is 0. The monoisotopic (exact) mass is 257 g/mol. The predicted molar refractivity (Wildman–Crippen MR) is 77.1 cm³/mol.